The first-order valence-electron chi connectivity index (χ1n) is 7.91. The van der Waals surface area contributed by atoms with E-state index in [1.165, 1.54) is 12.1 Å². The molecule has 24 heavy (non-hydrogen) atoms. The summed E-state index contributed by atoms with van der Waals surface area (Å²) in [4.78, 5) is 24.7. The van der Waals surface area contributed by atoms with Crippen LogP contribution in [0.25, 0.3) is 5.69 Å². The van der Waals surface area contributed by atoms with Gasteiger partial charge in [0.15, 0.2) is 5.69 Å². The van der Waals surface area contributed by atoms with Crippen molar-refractivity contribution in [1.29, 1.82) is 0 Å². The molecule has 1 aliphatic rings. The lowest BCUT2D eigenvalue weighted by molar-refractivity contribution is -0.384. The first-order valence-corrected chi connectivity index (χ1v) is 7.91. The number of nitro groups is 1. The number of carbonyl (C=O) groups excluding carboxylic acids is 1. The number of hydrogen-bond donors (Lipinski definition) is 1. The number of amides is 1. The Balaban J connectivity index is 1.79. The number of nitrogens with two attached hydrogens (primary N) is 1. The van der Waals surface area contributed by atoms with Crippen molar-refractivity contribution >= 4 is 11.6 Å². The van der Waals surface area contributed by atoms with Gasteiger partial charge in [-0.1, -0.05) is 0 Å². The van der Waals surface area contributed by atoms with E-state index < -0.39 is 4.92 Å². The van der Waals surface area contributed by atoms with Crippen molar-refractivity contribution in [3.63, 3.8) is 0 Å². The Bertz CT molecular complexity index is 740. The molecule has 0 saturated carbocycles. The third kappa shape index (κ3) is 3.13. The van der Waals surface area contributed by atoms with Gasteiger partial charge in [0.2, 0.25) is 0 Å². The zero-order valence-electron chi connectivity index (χ0n) is 13.2. The monoisotopic (exact) mass is 329 g/mol. The minimum Gasteiger partial charge on any atom is -0.333 e. The van der Waals surface area contributed by atoms with Gasteiger partial charge in [-0.25, -0.2) is 4.68 Å². The lowest BCUT2D eigenvalue weighted by atomic mass is 10.0. The van der Waals surface area contributed by atoms with Crippen molar-refractivity contribution < 1.29 is 9.72 Å². The molecule has 2 aromatic rings. The lowest BCUT2D eigenvalue weighted by Crippen LogP contribution is -2.47. The van der Waals surface area contributed by atoms with Gasteiger partial charge in [-0.15, -0.1) is 0 Å². The lowest BCUT2D eigenvalue weighted by Gasteiger charge is -2.34. The van der Waals surface area contributed by atoms with Crippen LogP contribution in [0.15, 0.2) is 36.5 Å². The molecule has 1 aliphatic heterocycles. The Hall–Kier alpha value is -2.74. The van der Waals surface area contributed by atoms with Crippen LogP contribution in [-0.2, 0) is 0 Å². The normalized spacial score (nSPS) is 17.7. The van der Waals surface area contributed by atoms with Crippen molar-refractivity contribution in [3.05, 3.63) is 52.3 Å². The van der Waals surface area contributed by atoms with Crippen LogP contribution in [0.1, 0.15) is 29.8 Å². The van der Waals surface area contributed by atoms with Gasteiger partial charge in [-0.2, -0.15) is 5.10 Å². The maximum Gasteiger partial charge on any atom is 0.274 e. The van der Waals surface area contributed by atoms with Gasteiger partial charge in [0.1, 0.15) is 0 Å². The summed E-state index contributed by atoms with van der Waals surface area (Å²) >= 11 is 0. The number of non-ortho nitro benzene ring substituents is 1. The van der Waals surface area contributed by atoms with E-state index in [9.17, 15) is 14.9 Å². The molecule has 1 fully saturated rings. The number of rotatable bonds is 4. The average Bonchev–Trinajstić information content (AvgIpc) is 3.11. The van der Waals surface area contributed by atoms with Crippen LogP contribution in [0.5, 0.6) is 0 Å². The molecular formula is C16H19N5O3. The van der Waals surface area contributed by atoms with Crippen LogP contribution < -0.4 is 5.73 Å². The Kier molecular flexibility index (Phi) is 4.57. The third-order valence-electron chi connectivity index (χ3n) is 4.29. The molecule has 8 heteroatoms. The van der Waals surface area contributed by atoms with E-state index in [-0.39, 0.29) is 17.6 Å². The fourth-order valence-corrected chi connectivity index (χ4v) is 2.97. The van der Waals surface area contributed by atoms with Gasteiger partial charge >= 0.3 is 0 Å². The molecule has 0 radical (unpaired) electrons. The second-order valence-corrected chi connectivity index (χ2v) is 5.80. The van der Waals surface area contributed by atoms with Gasteiger partial charge in [-0.05, 0) is 37.5 Å². The van der Waals surface area contributed by atoms with Crippen LogP contribution in [0.3, 0.4) is 0 Å². The predicted molar refractivity (Wildman–Crippen MR) is 87.9 cm³/mol. The summed E-state index contributed by atoms with van der Waals surface area (Å²) in [6.45, 7) is 1.15. The summed E-state index contributed by atoms with van der Waals surface area (Å²) in [5.41, 5.74) is 6.80. The van der Waals surface area contributed by atoms with Crippen LogP contribution in [-0.4, -0.2) is 44.6 Å². The van der Waals surface area contributed by atoms with Gasteiger partial charge in [-0.3, -0.25) is 14.9 Å². The molecule has 1 atom stereocenters. The van der Waals surface area contributed by atoms with E-state index >= 15 is 0 Å². The van der Waals surface area contributed by atoms with Crippen molar-refractivity contribution in [2.24, 2.45) is 5.73 Å². The number of likely N-dealkylation sites (tertiary alicyclic amines) is 1. The molecule has 0 spiro atoms. The maximum atomic E-state index is 12.7. The van der Waals surface area contributed by atoms with Crippen molar-refractivity contribution in [3.8, 4) is 5.69 Å². The van der Waals surface area contributed by atoms with Crippen molar-refractivity contribution in [1.82, 2.24) is 14.7 Å². The number of benzene rings is 1. The summed E-state index contributed by atoms with van der Waals surface area (Å²) in [5.74, 6) is -0.120. The fourth-order valence-electron chi connectivity index (χ4n) is 2.97. The Morgan fingerprint density at radius 2 is 2.04 bits per heavy atom. The highest BCUT2D eigenvalue weighted by Crippen LogP contribution is 2.19. The largest absolute Gasteiger partial charge is 0.333 e. The molecule has 8 nitrogen and oxygen atoms in total. The molecule has 3 rings (SSSR count). The Morgan fingerprint density at radius 1 is 1.29 bits per heavy atom. The number of nitro benzene ring substituents is 1. The first-order chi connectivity index (χ1) is 11.6. The Labute approximate surface area is 139 Å². The SMILES string of the molecule is NCC1CCCCN1C(=O)c1ccn(-c2ccc([N+](=O)[O-])cc2)n1. The standard InChI is InChI=1S/C16H19N5O3/c17-11-14-3-1-2-9-19(14)16(22)15-8-10-20(18-15)12-4-6-13(7-5-12)21(23)24/h4-8,10,14H,1-3,9,11,17H2. The third-order valence-corrected chi connectivity index (χ3v) is 4.29. The topological polar surface area (TPSA) is 107 Å². The summed E-state index contributed by atoms with van der Waals surface area (Å²) in [6, 6.07) is 7.75. The molecule has 1 aromatic carbocycles. The van der Waals surface area contributed by atoms with Crippen molar-refractivity contribution in [2.45, 2.75) is 25.3 Å². The molecule has 2 N–H and O–H groups in total. The van der Waals surface area contributed by atoms with E-state index in [0.29, 0.717) is 24.5 Å². The van der Waals surface area contributed by atoms with Gasteiger partial charge in [0.25, 0.3) is 11.6 Å². The van der Waals surface area contributed by atoms with E-state index in [0.717, 1.165) is 19.3 Å². The highest BCUT2D eigenvalue weighted by atomic mass is 16.6. The number of piperidine rings is 1. The molecule has 1 amide bonds. The summed E-state index contributed by atoms with van der Waals surface area (Å²) in [5, 5.41) is 15.0. The van der Waals surface area contributed by atoms with E-state index in [1.807, 2.05) is 0 Å². The molecule has 0 bridgehead atoms. The maximum absolute atomic E-state index is 12.7. The Morgan fingerprint density at radius 3 is 2.71 bits per heavy atom. The molecule has 1 unspecified atom stereocenters. The number of hydrogen-bond acceptors (Lipinski definition) is 5. The van der Waals surface area contributed by atoms with Crippen LogP contribution in [0.2, 0.25) is 0 Å². The number of aromatic nitrogens is 2. The molecule has 1 saturated heterocycles. The zero-order valence-corrected chi connectivity index (χ0v) is 13.2. The zero-order chi connectivity index (χ0) is 17.1. The molecule has 0 aliphatic carbocycles. The van der Waals surface area contributed by atoms with E-state index in [2.05, 4.69) is 5.10 Å². The predicted octanol–water partition coefficient (Wildman–Crippen LogP) is 1.73. The molecule has 1 aromatic heterocycles. The fraction of sp³-hybridized carbons (Fsp3) is 0.375. The number of carbonyl (C=O) groups is 1. The summed E-state index contributed by atoms with van der Waals surface area (Å²) in [7, 11) is 0. The first kappa shape index (κ1) is 16.1. The quantitative estimate of drug-likeness (QED) is 0.679. The van der Waals surface area contributed by atoms with Gasteiger partial charge in [0, 0.05) is 37.5 Å². The minimum absolute atomic E-state index is 0.0151. The van der Waals surface area contributed by atoms with Crippen LogP contribution in [0, 0.1) is 10.1 Å². The van der Waals surface area contributed by atoms with Crippen LogP contribution in [0.4, 0.5) is 5.69 Å². The second-order valence-electron chi connectivity index (χ2n) is 5.80. The molecule has 126 valence electrons. The minimum atomic E-state index is -0.453. The second kappa shape index (κ2) is 6.79. The summed E-state index contributed by atoms with van der Waals surface area (Å²) < 4.78 is 1.54. The highest BCUT2D eigenvalue weighted by molar-refractivity contribution is 5.92. The average molecular weight is 329 g/mol. The van der Waals surface area contributed by atoms with E-state index in [4.69, 9.17) is 5.73 Å². The molecular weight excluding hydrogens is 310 g/mol. The van der Waals surface area contributed by atoms with Gasteiger partial charge in [0.05, 0.1) is 10.6 Å². The van der Waals surface area contributed by atoms with E-state index in [1.54, 1.807) is 34.0 Å². The van der Waals surface area contributed by atoms with Gasteiger partial charge < -0.3 is 10.6 Å². The molecule has 2 heterocycles. The van der Waals surface area contributed by atoms with Crippen molar-refractivity contribution in [2.75, 3.05) is 13.1 Å². The summed E-state index contributed by atoms with van der Waals surface area (Å²) in [6.07, 6.45) is 4.66. The highest BCUT2D eigenvalue weighted by Gasteiger charge is 2.27. The number of nitrogens with zero attached hydrogens (tertiary/aromatic N) is 4. The van der Waals surface area contributed by atoms with Crippen LogP contribution >= 0.6 is 0 Å². The smallest absolute Gasteiger partial charge is 0.274 e.